The van der Waals surface area contributed by atoms with Crippen LogP contribution in [0.1, 0.15) is 19.4 Å². The highest BCUT2D eigenvalue weighted by Crippen LogP contribution is 2.29. The summed E-state index contributed by atoms with van der Waals surface area (Å²) in [4.78, 5) is 2.55. The van der Waals surface area contributed by atoms with E-state index in [4.69, 9.17) is 4.74 Å². The summed E-state index contributed by atoms with van der Waals surface area (Å²) < 4.78 is 6.57. The lowest BCUT2D eigenvalue weighted by molar-refractivity contribution is 0.202. The summed E-state index contributed by atoms with van der Waals surface area (Å²) in [6.45, 7) is 6.77. The molecule has 1 aromatic carbocycles. The number of ether oxygens (including phenoxy) is 1. The highest BCUT2D eigenvalue weighted by Gasteiger charge is 2.25. The van der Waals surface area contributed by atoms with Crippen molar-refractivity contribution in [3.05, 3.63) is 28.2 Å². The van der Waals surface area contributed by atoms with Crippen LogP contribution in [0.25, 0.3) is 0 Å². The zero-order valence-electron chi connectivity index (χ0n) is 11.1. The molecule has 0 radical (unpaired) electrons. The van der Waals surface area contributed by atoms with E-state index >= 15 is 0 Å². The van der Waals surface area contributed by atoms with E-state index in [0.29, 0.717) is 11.3 Å². The second-order valence-electron chi connectivity index (χ2n) is 4.74. The van der Waals surface area contributed by atoms with Gasteiger partial charge in [0, 0.05) is 40.2 Å². The smallest absolute Gasteiger partial charge is 0.123 e. The van der Waals surface area contributed by atoms with Crippen molar-refractivity contribution in [2.45, 2.75) is 31.7 Å². The van der Waals surface area contributed by atoms with Gasteiger partial charge in [-0.25, -0.2) is 0 Å². The molecule has 0 N–H and O–H groups in total. The lowest BCUT2D eigenvalue weighted by atomic mass is 10.1. The first-order valence-electron chi connectivity index (χ1n) is 6.30. The van der Waals surface area contributed by atoms with E-state index in [2.05, 4.69) is 52.5 Å². The molecule has 2 nitrogen and oxygen atoms in total. The van der Waals surface area contributed by atoms with Crippen molar-refractivity contribution in [2.24, 2.45) is 0 Å². The second-order valence-corrected chi connectivity index (χ2v) is 7.14. The van der Waals surface area contributed by atoms with E-state index in [0.717, 1.165) is 23.3 Å². The van der Waals surface area contributed by atoms with Crippen LogP contribution in [0, 0.1) is 0 Å². The molecule has 1 saturated heterocycles. The van der Waals surface area contributed by atoms with E-state index in [1.165, 1.54) is 11.3 Å². The van der Waals surface area contributed by atoms with Gasteiger partial charge in [-0.15, -0.1) is 0 Å². The van der Waals surface area contributed by atoms with Crippen LogP contribution in [-0.2, 0) is 6.54 Å². The molecule has 100 valence electrons. The van der Waals surface area contributed by atoms with Gasteiger partial charge >= 0.3 is 0 Å². The third kappa shape index (κ3) is 3.22. The fourth-order valence-corrected chi connectivity index (χ4v) is 3.88. The van der Waals surface area contributed by atoms with Crippen molar-refractivity contribution >= 4 is 27.7 Å². The number of hydrogen-bond acceptors (Lipinski definition) is 3. The SMILES string of the molecule is COc1ccc(Br)cc1CN1CCSC(C)C1C. The van der Waals surface area contributed by atoms with Gasteiger partial charge < -0.3 is 4.74 Å². The average Bonchev–Trinajstić information content (AvgIpc) is 2.35. The number of nitrogens with zero attached hydrogens (tertiary/aromatic N) is 1. The summed E-state index contributed by atoms with van der Waals surface area (Å²) in [5.41, 5.74) is 1.26. The highest BCUT2D eigenvalue weighted by atomic mass is 79.9. The summed E-state index contributed by atoms with van der Waals surface area (Å²) in [5.74, 6) is 2.21. The summed E-state index contributed by atoms with van der Waals surface area (Å²) in [7, 11) is 1.74. The maximum Gasteiger partial charge on any atom is 0.123 e. The number of halogens is 1. The fourth-order valence-electron chi connectivity index (χ4n) is 2.31. The van der Waals surface area contributed by atoms with Gasteiger partial charge in [0.25, 0.3) is 0 Å². The Hall–Kier alpha value is -0.190. The molecule has 0 bridgehead atoms. The molecule has 2 atom stereocenters. The maximum absolute atomic E-state index is 5.45. The van der Waals surface area contributed by atoms with E-state index < -0.39 is 0 Å². The summed E-state index contributed by atoms with van der Waals surface area (Å²) >= 11 is 5.61. The van der Waals surface area contributed by atoms with Crippen LogP contribution in [0.4, 0.5) is 0 Å². The van der Waals surface area contributed by atoms with Crippen molar-refractivity contribution < 1.29 is 4.74 Å². The quantitative estimate of drug-likeness (QED) is 0.837. The summed E-state index contributed by atoms with van der Waals surface area (Å²) in [6.07, 6.45) is 0. The predicted octanol–water partition coefficient (Wildman–Crippen LogP) is 3.78. The zero-order valence-corrected chi connectivity index (χ0v) is 13.6. The van der Waals surface area contributed by atoms with Gasteiger partial charge in [0.1, 0.15) is 5.75 Å². The molecule has 18 heavy (non-hydrogen) atoms. The van der Waals surface area contributed by atoms with Crippen LogP contribution in [-0.4, -0.2) is 35.6 Å². The lowest BCUT2D eigenvalue weighted by Crippen LogP contribution is -2.43. The Morgan fingerprint density at radius 2 is 2.22 bits per heavy atom. The molecule has 0 spiro atoms. The Kier molecular flexibility index (Phi) is 4.98. The van der Waals surface area contributed by atoms with Gasteiger partial charge in [0.15, 0.2) is 0 Å². The Bertz CT molecular complexity index is 413. The predicted molar refractivity (Wildman–Crippen MR) is 82.5 cm³/mol. The van der Waals surface area contributed by atoms with Crippen molar-refractivity contribution in [1.82, 2.24) is 4.90 Å². The first-order chi connectivity index (χ1) is 8.61. The third-order valence-electron chi connectivity index (χ3n) is 3.63. The van der Waals surface area contributed by atoms with Crippen molar-refractivity contribution in [3.63, 3.8) is 0 Å². The third-order valence-corrected chi connectivity index (χ3v) is 5.46. The molecule has 2 rings (SSSR count). The van der Waals surface area contributed by atoms with Gasteiger partial charge in [-0.1, -0.05) is 22.9 Å². The summed E-state index contributed by atoms with van der Waals surface area (Å²) in [5, 5.41) is 0.705. The number of benzene rings is 1. The number of methoxy groups -OCH3 is 1. The van der Waals surface area contributed by atoms with Crippen LogP contribution in [0.5, 0.6) is 5.75 Å². The van der Waals surface area contributed by atoms with Crippen LogP contribution >= 0.6 is 27.7 Å². The Morgan fingerprint density at radius 3 is 2.94 bits per heavy atom. The molecule has 1 aromatic rings. The van der Waals surface area contributed by atoms with Gasteiger partial charge in [-0.3, -0.25) is 4.90 Å². The molecule has 1 heterocycles. The highest BCUT2D eigenvalue weighted by molar-refractivity contribution is 9.10. The van der Waals surface area contributed by atoms with Crippen molar-refractivity contribution in [3.8, 4) is 5.75 Å². The average molecular weight is 330 g/mol. The minimum Gasteiger partial charge on any atom is -0.496 e. The first kappa shape index (κ1) is 14.2. The minimum absolute atomic E-state index is 0.618. The van der Waals surface area contributed by atoms with E-state index in [1.54, 1.807) is 7.11 Å². The topological polar surface area (TPSA) is 12.5 Å². The Labute approximate surface area is 122 Å². The Morgan fingerprint density at radius 1 is 1.44 bits per heavy atom. The molecule has 0 aromatic heterocycles. The lowest BCUT2D eigenvalue weighted by Gasteiger charge is -2.37. The Balaban J connectivity index is 2.15. The fraction of sp³-hybridized carbons (Fsp3) is 0.571. The molecule has 1 aliphatic rings. The molecule has 4 heteroatoms. The standard InChI is InChI=1S/C14H20BrNOS/c1-10-11(2)18-7-6-16(10)9-12-8-13(15)4-5-14(12)17-3/h4-5,8,10-11H,6-7,9H2,1-3H3. The zero-order chi connectivity index (χ0) is 13.1. The molecule has 1 fully saturated rings. The minimum atomic E-state index is 0.618. The van der Waals surface area contributed by atoms with E-state index in [1.807, 2.05) is 12.1 Å². The van der Waals surface area contributed by atoms with Crippen molar-refractivity contribution in [2.75, 3.05) is 19.4 Å². The van der Waals surface area contributed by atoms with Gasteiger partial charge in [0.05, 0.1) is 7.11 Å². The molecule has 0 amide bonds. The number of rotatable bonds is 3. The molecular formula is C14H20BrNOS. The van der Waals surface area contributed by atoms with Gasteiger partial charge in [-0.05, 0) is 25.1 Å². The van der Waals surface area contributed by atoms with Gasteiger partial charge in [0.2, 0.25) is 0 Å². The largest absolute Gasteiger partial charge is 0.496 e. The molecule has 2 unspecified atom stereocenters. The maximum atomic E-state index is 5.45. The van der Waals surface area contributed by atoms with Crippen LogP contribution in [0.15, 0.2) is 22.7 Å². The van der Waals surface area contributed by atoms with E-state index in [9.17, 15) is 0 Å². The number of thioether (sulfide) groups is 1. The van der Waals surface area contributed by atoms with Crippen LogP contribution in [0.2, 0.25) is 0 Å². The molecule has 0 saturated carbocycles. The number of hydrogen-bond donors (Lipinski definition) is 0. The molecule has 0 aliphatic carbocycles. The van der Waals surface area contributed by atoms with Crippen LogP contribution in [0.3, 0.4) is 0 Å². The van der Waals surface area contributed by atoms with Crippen molar-refractivity contribution in [1.29, 1.82) is 0 Å². The monoisotopic (exact) mass is 329 g/mol. The van der Waals surface area contributed by atoms with E-state index in [-0.39, 0.29) is 0 Å². The van der Waals surface area contributed by atoms with Crippen LogP contribution < -0.4 is 4.74 Å². The first-order valence-corrected chi connectivity index (χ1v) is 8.14. The molecule has 1 aliphatic heterocycles. The van der Waals surface area contributed by atoms with Gasteiger partial charge in [-0.2, -0.15) is 11.8 Å². The summed E-state index contributed by atoms with van der Waals surface area (Å²) in [6, 6.07) is 6.84. The second kappa shape index (κ2) is 6.31. The molecular weight excluding hydrogens is 310 g/mol. The normalized spacial score (nSPS) is 25.1.